The molecule has 0 radical (unpaired) electrons. The average Bonchev–Trinajstić information content (AvgIpc) is 2.69. The average molecular weight is 437 g/mol. The fourth-order valence-electron chi connectivity index (χ4n) is 2.13. The molecule has 0 saturated carbocycles. The van der Waals surface area contributed by atoms with Crippen LogP contribution in [0.1, 0.15) is 27.6 Å². The van der Waals surface area contributed by atoms with E-state index in [1.54, 1.807) is 42.5 Å². The van der Waals surface area contributed by atoms with Gasteiger partial charge in [0, 0.05) is 17.7 Å². The molecule has 27 heavy (non-hydrogen) atoms. The number of hydrogen-bond acceptors (Lipinski definition) is 5. The second-order valence-corrected chi connectivity index (χ2v) is 6.18. The fourth-order valence-corrected chi connectivity index (χ4v) is 2.67. The van der Waals surface area contributed by atoms with E-state index in [1.165, 1.54) is 7.11 Å². The molecule has 0 aromatic heterocycles. The van der Waals surface area contributed by atoms with Gasteiger partial charge in [0.05, 0.1) is 18.2 Å². The van der Waals surface area contributed by atoms with Gasteiger partial charge in [-0.2, -0.15) is 0 Å². The van der Waals surface area contributed by atoms with Gasteiger partial charge in [0.25, 0.3) is 11.8 Å². The van der Waals surface area contributed by atoms with Crippen molar-refractivity contribution in [3.05, 3.63) is 58.1 Å². The number of hydrogen-bond donors (Lipinski definition) is 2. The number of benzene rings is 2. The molecule has 2 aromatic carbocycles. The van der Waals surface area contributed by atoms with Crippen LogP contribution in [-0.2, 0) is 4.74 Å². The first-order chi connectivity index (χ1) is 13.0. The molecule has 0 fully saturated rings. The van der Waals surface area contributed by atoms with Crippen LogP contribution >= 0.6 is 15.9 Å². The molecule has 0 aliphatic carbocycles. The predicted octanol–water partition coefficient (Wildman–Crippen LogP) is 2.95. The molecule has 2 aromatic rings. The van der Waals surface area contributed by atoms with Crippen molar-refractivity contribution in [2.75, 3.05) is 26.9 Å². The number of carbonyl (C=O) groups is 2. The van der Waals surface area contributed by atoms with Crippen molar-refractivity contribution in [2.24, 2.45) is 0 Å². The highest BCUT2D eigenvalue weighted by Gasteiger charge is 2.11. The highest BCUT2D eigenvalue weighted by molar-refractivity contribution is 9.10. The van der Waals surface area contributed by atoms with Crippen molar-refractivity contribution in [1.82, 2.24) is 10.9 Å². The van der Waals surface area contributed by atoms with Crippen LogP contribution in [0, 0.1) is 0 Å². The normalized spacial score (nSPS) is 10.2. The molecule has 7 nitrogen and oxygen atoms in total. The van der Waals surface area contributed by atoms with Crippen molar-refractivity contribution in [1.29, 1.82) is 0 Å². The van der Waals surface area contributed by atoms with Gasteiger partial charge in [-0.1, -0.05) is 0 Å². The highest BCUT2D eigenvalue weighted by Crippen LogP contribution is 2.25. The minimum atomic E-state index is -0.442. The number of nitrogens with one attached hydrogen (secondary N) is 2. The number of methoxy groups -OCH3 is 1. The van der Waals surface area contributed by atoms with E-state index in [4.69, 9.17) is 14.2 Å². The van der Waals surface area contributed by atoms with Gasteiger partial charge in [-0.05, 0) is 65.3 Å². The summed E-state index contributed by atoms with van der Waals surface area (Å²) < 4.78 is 16.4. The standard InChI is InChI=1S/C19H21BrN2O5/c1-3-26-10-11-27-15-7-4-13(5-8-15)18(23)21-22-19(24)14-6-9-17(25-2)16(20)12-14/h4-9,12H,3,10-11H2,1-2H3,(H,21,23)(H,22,24). The van der Waals surface area contributed by atoms with Crippen LogP contribution in [-0.4, -0.2) is 38.7 Å². The molecule has 144 valence electrons. The lowest BCUT2D eigenvalue weighted by molar-refractivity contribution is 0.0846. The minimum Gasteiger partial charge on any atom is -0.496 e. The Labute approximate surface area is 166 Å². The third kappa shape index (κ3) is 6.26. The van der Waals surface area contributed by atoms with Crippen LogP contribution in [0.15, 0.2) is 46.9 Å². The van der Waals surface area contributed by atoms with E-state index in [2.05, 4.69) is 26.8 Å². The Morgan fingerprint density at radius 2 is 1.59 bits per heavy atom. The summed E-state index contributed by atoms with van der Waals surface area (Å²) in [6, 6.07) is 11.5. The van der Waals surface area contributed by atoms with Crippen LogP contribution in [0.25, 0.3) is 0 Å². The first-order valence-electron chi connectivity index (χ1n) is 8.30. The van der Waals surface area contributed by atoms with Gasteiger partial charge in [-0.3, -0.25) is 20.4 Å². The molecule has 0 spiro atoms. The third-order valence-corrected chi connectivity index (χ3v) is 4.14. The van der Waals surface area contributed by atoms with Crippen LogP contribution in [0.5, 0.6) is 11.5 Å². The molecule has 8 heteroatoms. The number of amides is 2. The van der Waals surface area contributed by atoms with Gasteiger partial charge < -0.3 is 14.2 Å². The Morgan fingerprint density at radius 3 is 2.19 bits per heavy atom. The van der Waals surface area contributed by atoms with E-state index in [-0.39, 0.29) is 0 Å². The number of rotatable bonds is 8. The summed E-state index contributed by atoms with van der Waals surface area (Å²) in [7, 11) is 1.54. The molecule has 0 aliphatic rings. The topological polar surface area (TPSA) is 85.9 Å². The smallest absolute Gasteiger partial charge is 0.269 e. The number of halogens is 1. The van der Waals surface area contributed by atoms with Crippen molar-refractivity contribution in [2.45, 2.75) is 6.92 Å². The summed E-state index contributed by atoms with van der Waals surface area (Å²) >= 11 is 3.31. The van der Waals surface area contributed by atoms with Crippen LogP contribution in [0.3, 0.4) is 0 Å². The first kappa shape index (κ1) is 20.7. The van der Waals surface area contributed by atoms with Crippen LogP contribution in [0.2, 0.25) is 0 Å². The number of carbonyl (C=O) groups excluding carboxylic acids is 2. The molecule has 0 atom stereocenters. The Balaban J connectivity index is 1.86. The Morgan fingerprint density at radius 1 is 0.963 bits per heavy atom. The quantitative estimate of drug-likeness (QED) is 0.490. The lowest BCUT2D eigenvalue weighted by Crippen LogP contribution is -2.41. The zero-order chi connectivity index (χ0) is 19.6. The monoisotopic (exact) mass is 436 g/mol. The number of ether oxygens (including phenoxy) is 3. The zero-order valence-electron chi connectivity index (χ0n) is 15.1. The Kier molecular flexibility index (Phi) is 8.09. The van der Waals surface area contributed by atoms with Gasteiger partial charge in [0.2, 0.25) is 0 Å². The second-order valence-electron chi connectivity index (χ2n) is 5.33. The highest BCUT2D eigenvalue weighted by atomic mass is 79.9. The fraction of sp³-hybridized carbons (Fsp3) is 0.263. The minimum absolute atomic E-state index is 0.376. The SMILES string of the molecule is CCOCCOc1ccc(C(=O)NNC(=O)c2ccc(OC)c(Br)c2)cc1. The van der Waals surface area contributed by atoms with Gasteiger partial charge in [-0.15, -0.1) is 0 Å². The maximum atomic E-state index is 12.1. The van der Waals surface area contributed by atoms with E-state index >= 15 is 0 Å². The Bertz CT molecular complexity index is 780. The molecule has 2 rings (SSSR count). The molecule has 2 amide bonds. The molecular formula is C19H21BrN2O5. The van der Waals surface area contributed by atoms with E-state index in [0.717, 1.165) is 0 Å². The number of hydrazine groups is 1. The molecule has 0 aliphatic heterocycles. The summed E-state index contributed by atoms with van der Waals surface area (Å²) in [5.74, 6) is 0.372. The maximum absolute atomic E-state index is 12.1. The van der Waals surface area contributed by atoms with E-state index in [9.17, 15) is 9.59 Å². The summed E-state index contributed by atoms with van der Waals surface area (Å²) in [5.41, 5.74) is 5.52. The van der Waals surface area contributed by atoms with Crippen molar-refractivity contribution >= 4 is 27.7 Å². The van der Waals surface area contributed by atoms with Crippen LogP contribution < -0.4 is 20.3 Å². The van der Waals surface area contributed by atoms with E-state index in [1.807, 2.05) is 6.92 Å². The largest absolute Gasteiger partial charge is 0.496 e. The maximum Gasteiger partial charge on any atom is 0.269 e. The Hall–Kier alpha value is -2.58. The van der Waals surface area contributed by atoms with Gasteiger partial charge in [-0.25, -0.2) is 0 Å². The summed E-state index contributed by atoms with van der Waals surface area (Å²) in [5, 5.41) is 0. The summed E-state index contributed by atoms with van der Waals surface area (Å²) in [4.78, 5) is 24.3. The first-order valence-corrected chi connectivity index (χ1v) is 9.09. The lowest BCUT2D eigenvalue weighted by Gasteiger charge is -2.10. The summed E-state index contributed by atoms with van der Waals surface area (Å²) in [6.07, 6.45) is 0. The van der Waals surface area contributed by atoms with Crippen molar-refractivity contribution in [3.8, 4) is 11.5 Å². The van der Waals surface area contributed by atoms with E-state index < -0.39 is 11.8 Å². The van der Waals surface area contributed by atoms with Gasteiger partial charge in [0.1, 0.15) is 18.1 Å². The molecule has 2 N–H and O–H groups in total. The third-order valence-electron chi connectivity index (χ3n) is 3.52. The van der Waals surface area contributed by atoms with E-state index in [0.29, 0.717) is 46.9 Å². The van der Waals surface area contributed by atoms with Gasteiger partial charge in [0.15, 0.2) is 0 Å². The van der Waals surface area contributed by atoms with Crippen molar-refractivity contribution in [3.63, 3.8) is 0 Å². The molecular weight excluding hydrogens is 416 g/mol. The molecule has 0 unspecified atom stereocenters. The van der Waals surface area contributed by atoms with Gasteiger partial charge >= 0.3 is 0 Å². The molecule has 0 heterocycles. The lowest BCUT2D eigenvalue weighted by atomic mass is 10.2. The molecule has 0 saturated heterocycles. The zero-order valence-corrected chi connectivity index (χ0v) is 16.7. The van der Waals surface area contributed by atoms with Crippen molar-refractivity contribution < 1.29 is 23.8 Å². The molecule has 0 bridgehead atoms. The summed E-state index contributed by atoms with van der Waals surface area (Å²) in [6.45, 7) is 3.50. The second kappa shape index (κ2) is 10.5. The predicted molar refractivity (Wildman–Crippen MR) is 104 cm³/mol. The van der Waals surface area contributed by atoms with Crippen LogP contribution in [0.4, 0.5) is 0 Å².